The second-order valence-corrected chi connectivity index (χ2v) is 6.19. The van der Waals surface area contributed by atoms with Gasteiger partial charge in [0.05, 0.1) is 16.3 Å². The maximum Gasteiger partial charge on any atom is 0.271 e. The highest BCUT2D eigenvalue weighted by Crippen LogP contribution is 2.26. The number of nitro benzene ring substituents is 1. The number of para-hydroxylation sites is 1. The molecule has 0 aliphatic heterocycles. The van der Waals surface area contributed by atoms with Gasteiger partial charge in [0, 0.05) is 23.8 Å². The van der Waals surface area contributed by atoms with Gasteiger partial charge in [-0.15, -0.1) is 0 Å². The highest BCUT2D eigenvalue weighted by atomic mass is 35.5. The Hall–Kier alpha value is -3.45. The molecule has 0 spiro atoms. The first-order chi connectivity index (χ1) is 13.0. The highest BCUT2D eigenvalue weighted by molar-refractivity contribution is 6.31. The maximum absolute atomic E-state index is 10.9. The molecule has 0 amide bonds. The van der Waals surface area contributed by atoms with Gasteiger partial charge in [-0.3, -0.25) is 10.1 Å². The maximum atomic E-state index is 10.9. The summed E-state index contributed by atoms with van der Waals surface area (Å²) < 4.78 is 7.26. The summed E-state index contributed by atoms with van der Waals surface area (Å²) in [5.41, 5.74) is 3.23. The van der Waals surface area contributed by atoms with Gasteiger partial charge in [-0.2, -0.15) is 5.10 Å². The van der Waals surface area contributed by atoms with E-state index in [-0.39, 0.29) is 5.69 Å². The summed E-state index contributed by atoms with van der Waals surface area (Å²) in [4.78, 5) is 14.7. The van der Waals surface area contributed by atoms with Crippen LogP contribution in [0.4, 0.5) is 5.69 Å². The first-order valence-corrected chi connectivity index (χ1v) is 8.44. The lowest BCUT2D eigenvalue weighted by molar-refractivity contribution is -0.384. The number of benzene rings is 2. The van der Waals surface area contributed by atoms with Crippen LogP contribution in [0.2, 0.25) is 5.15 Å². The van der Waals surface area contributed by atoms with Gasteiger partial charge in [-0.1, -0.05) is 29.8 Å². The third-order valence-corrected chi connectivity index (χ3v) is 4.40. The summed E-state index contributed by atoms with van der Waals surface area (Å²) in [5.74, 6) is 0.327. The molecule has 2 heterocycles. The second-order valence-electron chi connectivity index (χ2n) is 5.83. The van der Waals surface area contributed by atoms with Crippen LogP contribution in [0.1, 0.15) is 17.1 Å². The van der Waals surface area contributed by atoms with E-state index >= 15 is 0 Å². The molecule has 27 heavy (non-hydrogen) atoms. The van der Waals surface area contributed by atoms with E-state index in [2.05, 4.69) is 10.1 Å². The molecule has 0 fully saturated rings. The molecule has 2 aromatic heterocycles. The van der Waals surface area contributed by atoms with Crippen molar-refractivity contribution in [2.75, 3.05) is 0 Å². The molecular weight excluding hydrogens is 368 g/mol. The summed E-state index contributed by atoms with van der Waals surface area (Å²) in [6.07, 6.45) is 3.43. The molecule has 0 N–H and O–H groups in total. The number of nitro groups is 1. The van der Waals surface area contributed by atoms with E-state index < -0.39 is 4.92 Å². The average molecular weight is 381 g/mol. The van der Waals surface area contributed by atoms with Crippen LogP contribution in [0, 0.1) is 17.0 Å². The van der Waals surface area contributed by atoms with Crippen LogP contribution in [-0.2, 0) is 0 Å². The minimum atomic E-state index is -0.468. The summed E-state index contributed by atoms with van der Waals surface area (Å²) in [5, 5.41) is 15.8. The second kappa shape index (κ2) is 6.69. The third kappa shape index (κ3) is 3.20. The molecule has 134 valence electrons. The van der Waals surface area contributed by atoms with Gasteiger partial charge in [0.2, 0.25) is 5.89 Å². The molecule has 0 saturated heterocycles. The van der Waals surface area contributed by atoms with E-state index in [4.69, 9.17) is 16.0 Å². The fourth-order valence-electron chi connectivity index (χ4n) is 2.71. The van der Waals surface area contributed by atoms with E-state index in [1.807, 2.05) is 37.3 Å². The molecule has 7 nitrogen and oxygen atoms in total. The van der Waals surface area contributed by atoms with Crippen LogP contribution in [-0.4, -0.2) is 19.7 Å². The van der Waals surface area contributed by atoms with E-state index in [1.54, 1.807) is 16.8 Å². The van der Waals surface area contributed by atoms with Crippen LogP contribution in [0.3, 0.4) is 0 Å². The van der Waals surface area contributed by atoms with Crippen molar-refractivity contribution in [3.63, 3.8) is 0 Å². The Kier molecular flexibility index (Phi) is 4.21. The minimum absolute atomic E-state index is 0.0330. The number of hydrogen-bond acceptors (Lipinski definition) is 5. The van der Waals surface area contributed by atoms with Crippen molar-refractivity contribution >= 4 is 40.5 Å². The van der Waals surface area contributed by atoms with E-state index in [0.29, 0.717) is 22.1 Å². The molecule has 0 unspecified atom stereocenters. The van der Waals surface area contributed by atoms with Gasteiger partial charge in [0.1, 0.15) is 10.7 Å². The zero-order valence-corrected chi connectivity index (χ0v) is 14.9. The predicted octanol–water partition coefficient (Wildman–Crippen LogP) is 5.05. The molecule has 4 aromatic rings. The number of rotatable bonds is 4. The number of aromatic nitrogens is 3. The SMILES string of the molecule is Cc1nn(-c2ccccc2)c(Cl)c1/C=C/c1nc2cc([N+](=O)[O-])ccc2o1. The Morgan fingerprint density at radius 2 is 1.96 bits per heavy atom. The topological polar surface area (TPSA) is 87.0 Å². The van der Waals surface area contributed by atoms with Gasteiger partial charge in [0.25, 0.3) is 5.69 Å². The number of hydrogen-bond donors (Lipinski definition) is 0. The molecule has 0 atom stereocenters. The van der Waals surface area contributed by atoms with Gasteiger partial charge in [-0.25, -0.2) is 9.67 Å². The number of nitrogens with zero attached hydrogens (tertiary/aromatic N) is 4. The molecule has 8 heteroatoms. The lowest BCUT2D eigenvalue weighted by atomic mass is 10.2. The third-order valence-electron chi connectivity index (χ3n) is 4.04. The van der Waals surface area contributed by atoms with Crippen molar-refractivity contribution in [1.29, 1.82) is 0 Å². The summed E-state index contributed by atoms with van der Waals surface area (Å²) >= 11 is 6.49. The standard InChI is InChI=1S/C19H13ClN4O3/c1-12-15(19(20)23(22-12)13-5-3-2-4-6-13)8-10-18-21-16-11-14(24(25)26)7-9-17(16)27-18/h2-11H,1H3/b10-8+. The molecule has 4 rings (SSSR count). The number of halogens is 1. The molecule has 0 aliphatic carbocycles. The van der Waals surface area contributed by atoms with Crippen molar-refractivity contribution in [2.45, 2.75) is 6.92 Å². The van der Waals surface area contributed by atoms with Crippen LogP contribution in [0.15, 0.2) is 52.9 Å². The molecule has 0 radical (unpaired) electrons. The number of non-ortho nitro benzene ring substituents is 1. The van der Waals surface area contributed by atoms with Crippen LogP contribution < -0.4 is 0 Å². The normalized spacial score (nSPS) is 11.5. The number of oxazole rings is 1. The van der Waals surface area contributed by atoms with Crippen molar-refractivity contribution in [1.82, 2.24) is 14.8 Å². The van der Waals surface area contributed by atoms with Gasteiger partial charge < -0.3 is 4.42 Å². The monoisotopic (exact) mass is 380 g/mol. The molecule has 0 bridgehead atoms. The van der Waals surface area contributed by atoms with Crippen molar-refractivity contribution in [3.8, 4) is 5.69 Å². The first-order valence-electron chi connectivity index (χ1n) is 8.06. The van der Waals surface area contributed by atoms with Gasteiger partial charge in [0.15, 0.2) is 5.58 Å². The first kappa shape index (κ1) is 17.0. The Balaban J connectivity index is 1.68. The molecule has 0 saturated carbocycles. The summed E-state index contributed by atoms with van der Waals surface area (Å²) in [7, 11) is 0. The van der Waals surface area contributed by atoms with E-state index in [1.165, 1.54) is 18.2 Å². The Bertz CT molecular complexity index is 1180. The lowest BCUT2D eigenvalue weighted by Crippen LogP contribution is -1.95. The summed E-state index contributed by atoms with van der Waals surface area (Å²) in [6, 6.07) is 13.9. The highest BCUT2D eigenvalue weighted by Gasteiger charge is 2.14. The van der Waals surface area contributed by atoms with Crippen molar-refractivity contribution in [3.05, 3.63) is 80.9 Å². The Morgan fingerprint density at radius 3 is 2.70 bits per heavy atom. The Labute approximate surface area is 158 Å². The minimum Gasteiger partial charge on any atom is -0.437 e. The van der Waals surface area contributed by atoms with Gasteiger partial charge in [-0.05, 0) is 31.2 Å². The van der Waals surface area contributed by atoms with Crippen molar-refractivity contribution < 1.29 is 9.34 Å². The number of aryl methyl sites for hydroxylation is 1. The smallest absolute Gasteiger partial charge is 0.271 e. The number of fused-ring (bicyclic) bond motifs is 1. The zero-order chi connectivity index (χ0) is 19.0. The predicted molar refractivity (Wildman–Crippen MR) is 103 cm³/mol. The Morgan fingerprint density at radius 1 is 1.19 bits per heavy atom. The van der Waals surface area contributed by atoms with Crippen LogP contribution >= 0.6 is 11.6 Å². The van der Waals surface area contributed by atoms with Crippen LogP contribution in [0.5, 0.6) is 0 Å². The quantitative estimate of drug-likeness (QED) is 0.365. The van der Waals surface area contributed by atoms with E-state index in [9.17, 15) is 10.1 Å². The fraction of sp³-hybridized carbons (Fsp3) is 0.0526. The molecular formula is C19H13ClN4O3. The average Bonchev–Trinajstić information content (AvgIpc) is 3.20. The summed E-state index contributed by atoms with van der Waals surface area (Å²) in [6.45, 7) is 1.86. The lowest BCUT2D eigenvalue weighted by Gasteiger charge is -2.01. The fourth-order valence-corrected chi connectivity index (χ4v) is 3.05. The van der Waals surface area contributed by atoms with Gasteiger partial charge >= 0.3 is 0 Å². The largest absolute Gasteiger partial charge is 0.437 e. The molecule has 0 aliphatic rings. The zero-order valence-electron chi connectivity index (χ0n) is 14.2. The van der Waals surface area contributed by atoms with E-state index in [0.717, 1.165) is 16.9 Å². The van der Waals surface area contributed by atoms with Crippen LogP contribution in [0.25, 0.3) is 28.9 Å². The van der Waals surface area contributed by atoms with Crippen molar-refractivity contribution in [2.24, 2.45) is 0 Å². The molecule has 2 aromatic carbocycles.